The van der Waals surface area contributed by atoms with Crippen molar-refractivity contribution >= 4 is 34.7 Å². The second-order valence-corrected chi connectivity index (χ2v) is 5.74. The molecule has 2 aromatic rings. The molecule has 0 saturated carbocycles. The fraction of sp³-hybridized carbons (Fsp3) is 0.188. The number of hydrogen-bond donors (Lipinski definition) is 2. The number of rotatable bonds is 7. The van der Waals surface area contributed by atoms with E-state index in [0.717, 1.165) is 10.4 Å². The molecule has 2 N–H and O–H groups in total. The van der Waals surface area contributed by atoms with Crippen molar-refractivity contribution in [3.63, 3.8) is 0 Å². The Balaban J connectivity index is 1.77. The van der Waals surface area contributed by atoms with Crippen molar-refractivity contribution in [2.75, 3.05) is 18.4 Å². The van der Waals surface area contributed by atoms with Gasteiger partial charge >= 0.3 is 0 Å². The van der Waals surface area contributed by atoms with Crippen molar-refractivity contribution in [3.8, 4) is 0 Å². The number of amides is 1. The predicted molar refractivity (Wildman–Crippen MR) is 92.7 cm³/mol. The van der Waals surface area contributed by atoms with Gasteiger partial charge in [0.15, 0.2) is 0 Å². The number of carbonyl (C=O) groups is 1. The molecule has 0 aliphatic rings. The van der Waals surface area contributed by atoms with Crippen molar-refractivity contribution in [1.29, 1.82) is 0 Å². The van der Waals surface area contributed by atoms with E-state index in [1.165, 1.54) is 12.1 Å². The van der Waals surface area contributed by atoms with Crippen LogP contribution in [0, 0.1) is 17.0 Å². The van der Waals surface area contributed by atoms with Crippen LogP contribution in [0.2, 0.25) is 0 Å². The van der Waals surface area contributed by atoms with E-state index in [-0.39, 0.29) is 11.6 Å². The first-order chi connectivity index (χ1) is 11.1. The van der Waals surface area contributed by atoms with Gasteiger partial charge in [-0.2, -0.15) is 0 Å². The van der Waals surface area contributed by atoms with Gasteiger partial charge in [0, 0.05) is 30.1 Å². The van der Waals surface area contributed by atoms with Crippen LogP contribution < -0.4 is 10.6 Å². The van der Waals surface area contributed by atoms with Crippen LogP contribution in [0.4, 0.5) is 11.4 Å². The van der Waals surface area contributed by atoms with Crippen LogP contribution in [0.5, 0.6) is 0 Å². The minimum Gasteiger partial charge on any atom is -0.378 e. The second-order valence-electron chi connectivity index (χ2n) is 4.79. The summed E-state index contributed by atoms with van der Waals surface area (Å²) in [4.78, 5) is 23.2. The van der Waals surface area contributed by atoms with E-state index in [1.807, 2.05) is 18.4 Å². The number of benzene rings is 1. The third-order valence-electron chi connectivity index (χ3n) is 3.13. The summed E-state index contributed by atoms with van der Waals surface area (Å²) < 4.78 is 0. The Hall–Kier alpha value is -2.67. The molecule has 1 heterocycles. The predicted octanol–water partition coefficient (Wildman–Crippen LogP) is 3.21. The molecule has 1 aromatic heterocycles. The lowest BCUT2D eigenvalue weighted by molar-refractivity contribution is -0.384. The average molecular weight is 331 g/mol. The van der Waals surface area contributed by atoms with Crippen LogP contribution in [0.1, 0.15) is 10.4 Å². The molecule has 1 aromatic carbocycles. The highest BCUT2D eigenvalue weighted by molar-refractivity contribution is 7.11. The van der Waals surface area contributed by atoms with Gasteiger partial charge in [-0.05, 0) is 36.1 Å². The zero-order chi connectivity index (χ0) is 16.7. The maximum absolute atomic E-state index is 11.7. The number of aryl methyl sites for hydroxylation is 1. The lowest BCUT2D eigenvalue weighted by Crippen LogP contribution is -2.27. The van der Waals surface area contributed by atoms with Crippen LogP contribution in [0.15, 0.2) is 41.8 Å². The zero-order valence-electron chi connectivity index (χ0n) is 12.6. The van der Waals surface area contributed by atoms with Gasteiger partial charge in [0.05, 0.1) is 4.92 Å². The summed E-state index contributed by atoms with van der Waals surface area (Å²) in [5.74, 6) is -0.192. The van der Waals surface area contributed by atoms with Gasteiger partial charge in [0.2, 0.25) is 5.91 Å². The molecular formula is C16H17N3O3S. The smallest absolute Gasteiger partial charge is 0.292 e. The standard InChI is InChI=1S/C16H17N3O3S/c1-12-8-11-23-15(12)6-7-16(20)18-10-9-17-13-4-2-3-5-14(13)19(21)22/h2-8,11,17H,9-10H2,1H3,(H,18,20)/b7-6+. The molecule has 0 spiro atoms. The minimum atomic E-state index is -0.437. The number of nitrogens with one attached hydrogen (secondary N) is 2. The number of nitrogens with zero attached hydrogens (tertiary/aromatic N) is 1. The largest absolute Gasteiger partial charge is 0.378 e. The SMILES string of the molecule is Cc1ccsc1/C=C/C(=O)NCCNc1ccccc1[N+](=O)[O-]. The average Bonchev–Trinajstić information content (AvgIpc) is 2.95. The van der Waals surface area contributed by atoms with Crippen molar-refractivity contribution in [1.82, 2.24) is 5.32 Å². The summed E-state index contributed by atoms with van der Waals surface area (Å²) in [5.41, 5.74) is 1.60. The Kier molecular flexibility index (Phi) is 5.87. The number of hydrogen-bond acceptors (Lipinski definition) is 5. The van der Waals surface area contributed by atoms with Crippen LogP contribution in [-0.2, 0) is 4.79 Å². The summed E-state index contributed by atoms with van der Waals surface area (Å²) in [6, 6.07) is 8.41. The van der Waals surface area contributed by atoms with Gasteiger partial charge in [-0.25, -0.2) is 0 Å². The van der Waals surface area contributed by atoms with E-state index in [2.05, 4.69) is 10.6 Å². The lowest BCUT2D eigenvalue weighted by Gasteiger charge is -2.07. The fourth-order valence-corrected chi connectivity index (χ4v) is 2.75. The number of para-hydroxylation sites is 2. The molecule has 23 heavy (non-hydrogen) atoms. The minimum absolute atomic E-state index is 0.0203. The molecule has 7 heteroatoms. The van der Waals surface area contributed by atoms with Crippen molar-refractivity contribution < 1.29 is 9.72 Å². The van der Waals surface area contributed by atoms with Gasteiger partial charge in [-0.1, -0.05) is 12.1 Å². The lowest BCUT2D eigenvalue weighted by atomic mass is 10.2. The maximum atomic E-state index is 11.7. The van der Waals surface area contributed by atoms with Gasteiger partial charge in [0.1, 0.15) is 5.69 Å². The Bertz CT molecular complexity index is 725. The van der Waals surface area contributed by atoms with Crippen LogP contribution in [-0.4, -0.2) is 23.9 Å². The van der Waals surface area contributed by atoms with E-state index >= 15 is 0 Å². The first-order valence-corrected chi connectivity index (χ1v) is 7.93. The van der Waals surface area contributed by atoms with E-state index in [0.29, 0.717) is 18.8 Å². The van der Waals surface area contributed by atoms with Crippen molar-refractivity contribution in [2.24, 2.45) is 0 Å². The zero-order valence-corrected chi connectivity index (χ0v) is 13.4. The summed E-state index contributed by atoms with van der Waals surface area (Å²) in [6.07, 6.45) is 3.27. The first-order valence-electron chi connectivity index (χ1n) is 7.05. The Morgan fingerprint density at radius 2 is 2.09 bits per heavy atom. The molecule has 0 bridgehead atoms. The number of carbonyl (C=O) groups excluding carboxylic acids is 1. The van der Waals surface area contributed by atoms with E-state index < -0.39 is 4.92 Å². The molecule has 0 fully saturated rings. The second kappa shape index (κ2) is 8.09. The summed E-state index contributed by atoms with van der Waals surface area (Å²) in [6.45, 7) is 2.77. The normalized spacial score (nSPS) is 10.7. The van der Waals surface area contributed by atoms with Crippen molar-refractivity contribution in [2.45, 2.75) is 6.92 Å². The summed E-state index contributed by atoms with van der Waals surface area (Å²) in [7, 11) is 0. The molecule has 0 atom stereocenters. The quantitative estimate of drug-likeness (QED) is 0.353. The highest BCUT2D eigenvalue weighted by Crippen LogP contribution is 2.22. The number of thiophene rings is 1. The number of nitro groups is 1. The molecule has 1 amide bonds. The topological polar surface area (TPSA) is 84.3 Å². The summed E-state index contributed by atoms with van der Waals surface area (Å²) in [5, 5.41) is 18.5. The molecular weight excluding hydrogens is 314 g/mol. The van der Waals surface area contributed by atoms with E-state index in [4.69, 9.17) is 0 Å². The third-order valence-corrected chi connectivity index (χ3v) is 4.11. The summed E-state index contributed by atoms with van der Waals surface area (Å²) >= 11 is 1.58. The Morgan fingerprint density at radius 3 is 2.78 bits per heavy atom. The maximum Gasteiger partial charge on any atom is 0.292 e. The molecule has 120 valence electrons. The van der Waals surface area contributed by atoms with Gasteiger partial charge < -0.3 is 10.6 Å². The fourth-order valence-electron chi connectivity index (χ4n) is 1.93. The van der Waals surface area contributed by atoms with Crippen molar-refractivity contribution in [3.05, 3.63) is 62.3 Å². The molecule has 6 nitrogen and oxygen atoms in total. The number of nitro benzene ring substituents is 1. The van der Waals surface area contributed by atoms with Gasteiger partial charge in [-0.3, -0.25) is 14.9 Å². The Labute approximate surface area is 138 Å². The Morgan fingerprint density at radius 1 is 1.30 bits per heavy atom. The highest BCUT2D eigenvalue weighted by atomic mass is 32.1. The van der Waals surface area contributed by atoms with Crippen LogP contribution in [0.25, 0.3) is 6.08 Å². The molecule has 0 aliphatic carbocycles. The van der Waals surface area contributed by atoms with E-state index in [9.17, 15) is 14.9 Å². The third kappa shape index (κ3) is 4.93. The van der Waals surface area contributed by atoms with E-state index in [1.54, 1.807) is 35.6 Å². The monoisotopic (exact) mass is 331 g/mol. The number of anilines is 1. The van der Waals surface area contributed by atoms with Crippen LogP contribution in [0.3, 0.4) is 0 Å². The molecule has 0 aliphatic heterocycles. The molecule has 0 radical (unpaired) electrons. The molecule has 0 unspecified atom stereocenters. The van der Waals surface area contributed by atoms with Gasteiger partial charge in [-0.15, -0.1) is 11.3 Å². The first kappa shape index (κ1) is 16.7. The van der Waals surface area contributed by atoms with Gasteiger partial charge in [0.25, 0.3) is 5.69 Å². The van der Waals surface area contributed by atoms with Crippen LogP contribution >= 0.6 is 11.3 Å². The molecule has 2 rings (SSSR count). The molecule has 0 saturated heterocycles. The highest BCUT2D eigenvalue weighted by Gasteiger charge is 2.11.